The molecule has 1 unspecified atom stereocenters. The van der Waals surface area contributed by atoms with E-state index in [0.29, 0.717) is 11.5 Å². The molecular formula is C13H15FN2O3S. The van der Waals surface area contributed by atoms with Crippen molar-refractivity contribution in [2.75, 3.05) is 5.73 Å². The predicted molar refractivity (Wildman–Crippen MR) is 73.0 cm³/mol. The minimum atomic E-state index is -3.93. The van der Waals surface area contributed by atoms with Crippen LogP contribution in [0.15, 0.2) is 39.6 Å². The number of nitrogens with two attached hydrogens (primary N) is 1. The van der Waals surface area contributed by atoms with E-state index in [9.17, 15) is 12.8 Å². The zero-order valence-electron chi connectivity index (χ0n) is 11.1. The van der Waals surface area contributed by atoms with Crippen LogP contribution in [0.3, 0.4) is 0 Å². The first-order valence-electron chi connectivity index (χ1n) is 5.93. The average molecular weight is 298 g/mol. The molecule has 0 saturated heterocycles. The van der Waals surface area contributed by atoms with Gasteiger partial charge in [0.15, 0.2) is 0 Å². The van der Waals surface area contributed by atoms with Gasteiger partial charge in [0.25, 0.3) is 0 Å². The molecule has 0 aliphatic carbocycles. The minimum Gasteiger partial charge on any atom is -0.465 e. The summed E-state index contributed by atoms with van der Waals surface area (Å²) in [6.45, 7) is 3.39. The third-order valence-electron chi connectivity index (χ3n) is 2.78. The van der Waals surface area contributed by atoms with E-state index >= 15 is 0 Å². The summed E-state index contributed by atoms with van der Waals surface area (Å²) in [5.74, 6) is 0.485. The Morgan fingerprint density at radius 1 is 1.30 bits per heavy atom. The number of nitrogen functional groups attached to an aromatic ring is 1. The lowest BCUT2D eigenvalue weighted by molar-refractivity contribution is 0.441. The third-order valence-corrected chi connectivity index (χ3v) is 4.38. The van der Waals surface area contributed by atoms with E-state index in [2.05, 4.69) is 4.72 Å². The van der Waals surface area contributed by atoms with E-state index in [4.69, 9.17) is 10.2 Å². The summed E-state index contributed by atoms with van der Waals surface area (Å²) in [6.07, 6.45) is 0. The lowest BCUT2D eigenvalue weighted by atomic mass is 10.3. The topological polar surface area (TPSA) is 85.3 Å². The van der Waals surface area contributed by atoms with Crippen LogP contribution in [-0.4, -0.2) is 8.42 Å². The van der Waals surface area contributed by atoms with Crippen LogP contribution in [0.4, 0.5) is 10.1 Å². The summed E-state index contributed by atoms with van der Waals surface area (Å²) in [4.78, 5) is -0.285. The summed E-state index contributed by atoms with van der Waals surface area (Å²) in [6, 6.07) is 6.03. The predicted octanol–water partition coefficient (Wildman–Crippen LogP) is 2.35. The van der Waals surface area contributed by atoms with Crippen molar-refractivity contribution in [2.45, 2.75) is 24.8 Å². The van der Waals surface area contributed by atoms with Crippen molar-refractivity contribution in [1.29, 1.82) is 0 Å². The van der Waals surface area contributed by atoms with Crippen LogP contribution in [0.5, 0.6) is 0 Å². The summed E-state index contributed by atoms with van der Waals surface area (Å²) in [5, 5.41) is 0. The second kappa shape index (κ2) is 5.26. The Kier molecular flexibility index (Phi) is 3.82. The van der Waals surface area contributed by atoms with Crippen LogP contribution in [0.2, 0.25) is 0 Å². The summed E-state index contributed by atoms with van der Waals surface area (Å²) < 4.78 is 45.3. The first-order chi connectivity index (χ1) is 9.29. The molecular weight excluding hydrogens is 283 g/mol. The number of nitrogens with one attached hydrogen (secondary N) is 1. The molecule has 0 saturated carbocycles. The average Bonchev–Trinajstić information content (AvgIpc) is 2.78. The zero-order chi connectivity index (χ0) is 14.9. The molecule has 5 nitrogen and oxygen atoms in total. The molecule has 3 N–H and O–H groups in total. The van der Waals surface area contributed by atoms with Crippen molar-refractivity contribution in [3.05, 3.63) is 47.7 Å². The maximum Gasteiger partial charge on any atom is 0.243 e. The SMILES string of the molecule is Cc1ccc(C(C)NS(=O)(=O)c2cc(F)ccc2N)o1. The molecule has 7 heteroatoms. The number of hydrogen-bond acceptors (Lipinski definition) is 4. The number of benzene rings is 1. The van der Waals surface area contributed by atoms with Crippen LogP contribution < -0.4 is 10.5 Å². The zero-order valence-corrected chi connectivity index (χ0v) is 11.9. The molecule has 1 heterocycles. The highest BCUT2D eigenvalue weighted by atomic mass is 32.2. The molecule has 1 aromatic carbocycles. The molecule has 2 aromatic rings. The number of aryl methyl sites for hydroxylation is 1. The van der Waals surface area contributed by atoms with Gasteiger partial charge in [0.05, 0.1) is 11.7 Å². The smallest absolute Gasteiger partial charge is 0.243 e. The highest BCUT2D eigenvalue weighted by molar-refractivity contribution is 7.89. The van der Waals surface area contributed by atoms with E-state index in [0.717, 1.165) is 12.1 Å². The van der Waals surface area contributed by atoms with Gasteiger partial charge in [-0.1, -0.05) is 0 Å². The Balaban J connectivity index is 2.29. The molecule has 108 valence electrons. The van der Waals surface area contributed by atoms with Gasteiger partial charge in [0.1, 0.15) is 22.2 Å². The number of furan rings is 1. The van der Waals surface area contributed by atoms with E-state index < -0.39 is 21.9 Å². The Morgan fingerprint density at radius 3 is 2.60 bits per heavy atom. The van der Waals surface area contributed by atoms with Gasteiger partial charge in [-0.15, -0.1) is 0 Å². The maximum atomic E-state index is 13.2. The molecule has 20 heavy (non-hydrogen) atoms. The van der Waals surface area contributed by atoms with Gasteiger partial charge in [-0.05, 0) is 44.2 Å². The summed E-state index contributed by atoms with van der Waals surface area (Å²) in [7, 11) is -3.93. The van der Waals surface area contributed by atoms with Crippen molar-refractivity contribution in [2.24, 2.45) is 0 Å². The van der Waals surface area contributed by atoms with E-state index in [-0.39, 0.29) is 10.6 Å². The van der Waals surface area contributed by atoms with Gasteiger partial charge < -0.3 is 10.2 Å². The van der Waals surface area contributed by atoms with Crippen molar-refractivity contribution >= 4 is 15.7 Å². The Morgan fingerprint density at radius 2 is 2.00 bits per heavy atom. The fourth-order valence-corrected chi connectivity index (χ4v) is 3.14. The second-order valence-corrected chi connectivity index (χ2v) is 6.16. The molecule has 0 fully saturated rings. The quantitative estimate of drug-likeness (QED) is 0.848. The van der Waals surface area contributed by atoms with Crippen molar-refractivity contribution < 1.29 is 17.2 Å². The third kappa shape index (κ3) is 3.00. The van der Waals surface area contributed by atoms with Gasteiger partial charge in [-0.2, -0.15) is 0 Å². The molecule has 0 aliphatic heterocycles. The summed E-state index contributed by atoms with van der Waals surface area (Å²) >= 11 is 0. The van der Waals surface area contributed by atoms with Gasteiger partial charge in [0.2, 0.25) is 10.0 Å². The monoisotopic (exact) mass is 298 g/mol. The molecule has 2 rings (SSSR count). The molecule has 1 aromatic heterocycles. The van der Waals surface area contributed by atoms with Crippen molar-refractivity contribution in [3.8, 4) is 0 Å². The van der Waals surface area contributed by atoms with Crippen LogP contribution >= 0.6 is 0 Å². The van der Waals surface area contributed by atoms with Crippen LogP contribution in [0.25, 0.3) is 0 Å². The van der Waals surface area contributed by atoms with Crippen LogP contribution in [0.1, 0.15) is 24.5 Å². The standard InChI is InChI=1S/C13H15FN2O3S/c1-8-3-6-12(19-8)9(2)16-20(17,18)13-7-10(14)4-5-11(13)15/h3-7,9,16H,15H2,1-2H3. The molecule has 0 aliphatic rings. The first kappa shape index (κ1) is 14.5. The van der Waals surface area contributed by atoms with Gasteiger partial charge >= 0.3 is 0 Å². The fraction of sp³-hybridized carbons (Fsp3) is 0.231. The summed E-state index contributed by atoms with van der Waals surface area (Å²) in [5.41, 5.74) is 5.57. The highest BCUT2D eigenvalue weighted by Crippen LogP contribution is 2.23. The fourth-order valence-electron chi connectivity index (χ4n) is 1.78. The largest absolute Gasteiger partial charge is 0.465 e. The number of anilines is 1. The second-order valence-electron chi connectivity index (χ2n) is 4.47. The first-order valence-corrected chi connectivity index (χ1v) is 7.41. The number of halogens is 1. The van der Waals surface area contributed by atoms with Crippen LogP contribution in [0, 0.1) is 12.7 Å². The van der Waals surface area contributed by atoms with Crippen LogP contribution in [-0.2, 0) is 10.0 Å². The Hall–Kier alpha value is -1.86. The van der Waals surface area contributed by atoms with Crippen molar-refractivity contribution in [1.82, 2.24) is 4.72 Å². The van der Waals surface area contributed by atoms with E-state index in [1.54, 1.807) is 26.0 Å². The Labute approximate surface area is 116 Å². The normalized spacial score (nSPS) is 13.3. The van der Waals surface area contributed by atoms with Crippen molar-refractivity contribution in [3.63, 3.8) is 0 Å². The maximum absolute atomic E-state index is 13.2. The number of hydrogen-bond donors (Lipinski definition) is 2. The Bertz CT molecular complexity index is 725. The van der Waals surface area contributed by atoms with Gasteiger partial charge in [-0.25, -0.2) is 17.5 Å². The minimum absolute atomic E-state index is 0.0123. The molecule has 0 amide bonds. The lowest BCUT2D eigenvalue weighted by Gasteiger charge is -2.13. The van der Waals surface area contributed by atoms with Gasteiger partial charge in [0, 0.05) is 0 Å². The highest BCUT2D eigenvalue weighted by Gasteiger charge is 2.22. The van der Waals surface area contributed by atoms with Gasteiger partial charge in [-0.3, -0.25) is 0 Å². The molecule has 0 spiro atoms. The molecule has 1 atom stereocenters. The lowest BCUT2D eigenvalue weighted by Crippen LogP contribution is -2.27. The number of rotatable bonds is 4. The number of sulfonamides is 1. The molecule has 0 radical (unpaired) electrons. The molecule has 0 bridgehead atoms. The van der Waals surface area contributed by atoms with E-state index in [1.165, 1.54) is 6.07 Å². The van der Waals surface area contributed by atoms with E-state index in [1.807, 2.05) is 0 Å².